The molecule has 0 heteroatoms. The average Bonchev–Trinajstić information content (AvgIpc) is 2.62. The first-order valence-corrected chi connectivity index (χ1v) is 6.33. The highest BCUT2D eigenvalue weighted by atomic mass is 14.6. The predicted molar refractivity (Wildman–Crippen MR) is 69.0 cm³/mol. The molecule has 84 valence electrons. The van der Waals surface area contributed by atoms with Crippen LogP contribution in [0, 0.1) is 16.7 Å². The summed E-state index contributed by atoms with van der Waals surface area (Å²) >= 11 is 0. The van der Waals surface area contributed by atoms with Gasteiger partial charge in [0.05, 0.1) is 0 Å². The van der Waals surface area contributed by atoms with E-state index in [1.165, 1.54) is 18.4 Å². The highest BCUT2D eigenvalue weighted by Gasteiger charge is 2.56. The molecule has 2 aliphatic rings. The van der Waals surface area contributed by atoms with Crippen LogP contribution >= 0.6 is 0 Å². The molecule has 16 heavy (non-hydrogen) atoms. The van der Waals surface area contributed by atoms with E-state index < -0.39 is 0 Å². The van der Waals surface area contributed by atoms with E-state index >= 15 is 0 Å². The summed E-state index contributed by atoms with van der Waals surface area (Å²) in [6, 6.07) is 10.9. The van der Waals surface area contributed by atoms with Crippen molar-refractivity contribution in [1.82, 2.24) is 0 Å². The molecular weight excluding hydrogens is 192 g/mol. The van der Waals surface area contributed by atoms with Crippen LogP contribution in [0.4, 0.5) is 0 Å². The Hall–Kier alpha value is -1.04. The van der Waals surface area contributed by atoms with Crippen LogP contribution in [-0.2, 0) is 0 Å². The molecule has 0 unspecified atom stereocenters. The third-order valence-electron chi connectivity index (χ3n) is 5.35. The minimum absolute atomic E-state index is 0.388. The van der Waals surface area contributed by atoms with Crippen molar-refractivity contribution in [1.29, 1.82) is 0 Å². The van der Waals surface area contributed by atoms with Gasteiger partial charge < -0.3 is 0 Å². The van der Waals surface area contributed by atoms with Crippen LogP contribution in [0.3, 0.4) is 0 Å². The lowest BCUT2D eigenvalue weighted by Crippen LogP contribution is -2.29. The number of hydrogen-bond acceptors (Lipinski definition) is 0. The number of hydrogen-bond donors (Lipinski definition) is 0. The Kier molecular flexibility index (Phi) is 1.90. The van der Waals surface area contributed by atoms with Crippen molar-refractivity contribution in [3.05, 3.63) is 42.0 Å². The molecule has 0 amide bonds. The molecule has 0 N–H and O–H groups in total. The molecule has 1 aromatic carbocycles. The highest BCUT2D eigenvalue weighted by Crippen LogP contribution is 2.67. The first-order valence-electron chi connectivity index (χ1n) is 6.33. The Morgan fingerprint density at radius 3 is 2.25 bits per heavy atom. The van der Waals surface area contributed by atoms with Gasteiger partial charge in [0.15, 0.2) is 0 Å². The molecule has 0 aromatic heterocycles. The third kappa shape index (κ3) is 1.05. The molecule has 1 fully saturated rings. The van der Waals surface area contributed by atoms with Gasteiger partial charge in [-0.3, -0.25) is 0 Å². The highest BCUT2D eigenvalue weighted by molar-refractivity contribution is 5.75. The van der Waals surface area contributed by atoms with E-state index in [0.717, 1.165) is 5.92 Å². The van der Waals surface area contributed by atoms with Gasteiger partial charge in [-0.25, -0.2) is 0 Å². The Morgan fingerprint density at radius 2 is 1.75 bits per heavy atom. The minimum Gasteiger partial charge on any atom is -0.0765 e. The van der Waals surface area contributed by atoms with Crippen molar-refractivity contribution in [2.24, 2.45) is 16.7 Å². The number of benzene rings is 1. The van der Waals surface area contributed by atoms with Crippen molar-refractivity contribution in [2.45, 2.75) is 33.6 Å². The summed E-state index contributed by atoms with van der Waals surface area (Å²) < 4.78 is 0. The number of rotatable bonds is 1. The van der Waals surface area contributed by atoms with Gasteiger partial charge in [-0.2, -0.15) is 0 Å². The van der Waals surface area contributed by atoms with E-state index in [0.29, 0.717) is 10.8 Å². The molecular formula is C16H20. The average molecular weight is 212 g/mol. The SMILES string of the molecule is CC1(C)[C@H]2C=C(c3ccccc3)[C@@]1(C)CC2. The van der Waals surface area contributed by atoms with Gasteiger partial charge in [0, 0.05) is 0 Å². The Labute approximate surface area is 98.4 Å². The second-order valence-electron chi connectivity index (χ2n) is 6.15. The summed E-state index contributed by atoms with van der Waals surface area (Å²) in [5, 5.41) is 0. The van der Waals surface area contributed by atoms with Gasteiger partial charge >= 0.3 is 0 Å². The van der Waals surface area contributed by atoms with E-state index in [-0.39, 0.29) is 0 Å². The van der Waals surface area contributed by atoms with Gasteiger partial charge in [0.1, 0.15) is 0 Å². The van der Waals surface area contributed by atoms with E-state index in [1.807, 2.05) is 0 Å². The first kappa shape index (κ1) is 10.1. The summed E-state index contributed by atoms with van der Waals surface area (Å²) in [6.07, 6.45) is 5.27. The summed E-state index contributed by atoms with van der Waals surface area (Å²) in [4.78, 5) is 0. The quantitative estimate of drug-likeness (QED) is 0.641. The van der Waals surface area contributed by atoms with E-state index in [2.05, 4.69) is 57.2 Å². The standard InChI is InChI=1S/C16H20/c1-15(2)13-9-10-16(15,3)14(11-13)12-7-5-4-6-8-12/h4-8,11,13H,9-10H2,1-3H3/t13-,16-/m1/s1. The molecule has 2 aliphatic carbocycles. The molecule has 0 heterocycles. The normalized spacial score (nSPS) is 35.2. The maximum atomic E-state index is 2.54. The first-order chi connectivity index (χ1) is 7.56. The monoisotopic (exact) mass is 212 g/mol. The molecule has 0 aliphatic heterocycles. The fourth-order valence-corrected chi connectivity index (χ4v) is 3.73. The zero-order chi connectivity index (χ0) is 11.4. The maximum Gasteiger partial charge on any atom is -0.00155 e. The molecule has 3 rings (SSSR count). The van der Waals surface area contributed by atoms with Crippen molar-refractivity contribution in [3.63, 3.8) is 0 Å². The van der Waals surface area contributed by atoms with E-state index in [9.17, 15) is 0 Å². The fraction of sp³-hybridized carbons (Fsp3) is 0.500. The summed E-state index contributed by atoms with van der Waals surface area (Å²) in [6.45, 7) is 7.34. The lowest BCUT2D eigenvalue weighted by Gasteiger charge is -2.37. The second-order valence-corrected chi connectivity index (χ2v) is 6.15. The van der Waals surface area contributed by atoms with Crippen LogP contribution in [0.2, 0.25) is 0 Å². The van der Waals surface area contributed by atoms with Gasteiger partial charge in [-0.05, 0) is 40.7 Å². The Balaban J connectivity index is 2.10. The van der Waals surface area contributed by atoms with Crippen molar-refractivity contribution in [2.75, 3.05) is 0 Å². The van der Waals surface area contributed by atoms with Crippen LogP contribution in [0.1, 0.15) is 39.2 Å². The topological polar surface area (TPSA) is 0 Å². The van der Waals surface area contributed by atoms with Crippen LogP contribution in [0.25, 0.3) is 5.57 Å². The van der Waals surface area contributed by atoms with Crippen LogP contribution in [0.15, 0.2) is 36.4 Å². The Morgan fingerprint density at radius 1 is 1.06 bits per heavy atom. The number of allylic oxidation sites excluding steroid dienone is 2. The van der Waals surface area contributed by atoms with Crippen molar-refractivity contribution >= 4 is 5.57 Å². The van der Waals surface area contributed by atoms with Gasteiger partial charge in [0.25, 0.3) is 0 Å². The zero-order valence-corrected chi connectivity index (χ0v) is 10.5. The lowest BCUT2D eigenvalue weighted by atomic mass is 9.66. The fourth-order valence-electron chi connectivity index (χ4n) is 3.73. The van der Waals surface area contributed by atoms with Crippen molar-refractivity contribution in [3.8, 4) is 0 Å². The van der Waals surface area contributed by atoms with E-state index in [4.69, 9.17) is 0 Å². The zero-order valence-electron chi connectivity index (χ0n) is 10.5. The van der Waals surface area contributed by atoms with E-state index in [1.54, 1.807) is 5.57 Å². The van der Waals surface area contributed by atoms with Crippen LogP contribution < -0.4 is 0 Å². The Bertz CT molecular complexity index is 438. The van der Waals surface area contributed by atoms with Gasteiger partial charge in [-0.1, -0.05) is 57.2 Å². The van der Waals surface area contributed by atoms with Crippen molar-refractivity contribution < 1.29 is 0 Å². The molecule has 0 saturated heterocycles. The molecule has 0 spiro atoms. The molecule has 0 nitrogen and oxygen atoms in total. The largest absolute Gasteiger partial charge is 0.0765 e. The van der Waals surface area contributed by atoms with Gasteiger partial charge in [-0.15, -0.1) is 0 Å². The predicted octanol–water partition coefficient (Wildman–Crippen LogP) is 4.53. The van der Waals surface area contributed by atoms with Crippen LogP contribution in [-0.4, -0.2) is 0 Å². The maximum absolute atomic E-state index is 2.54. The minimum atomic E-state index is 0.388. The van der Waals surface area contributed by atoms with Gasteiger partial charge in [0.2, 0.25) is 0 Å². The third-order valence-corrected chi connectivity index (χ3v) is 5.35. The summed E-state index contributed by atoms with van der Waals surface area (Å²) in [7, 11) is 0. The summed E-state index contributed by atoms with van der Waals surface area (Å²) in [5.74, 6) is 0.785. The lowest BCUT2D eigenvalue weighted by molar-refractivity contribution is 0.189. The van der Waals surface area contributed by atoms with Crippen LogP contribution in [0.5, 0.6) is 0 Å². The molecule has 0 radical (unpaired) electrons. The molecule has 2 atom stereocenters. The second kappa shape index (κ2) is 3.00. The summed E-state index contributed by atoms with van der Waals surface area (Å²) in [5.41, 5.74) is 3.85. The molecule has 2 bridgehead atoms. The number of fused-ring (bicyclic) bond motifs is 2. The molecule has 1 aromatic rings. The molecule has 1 saturated carbocycles. The smallest absolute Gasteiger partial charge is 0.00155 e.